The van der Waals surface area contributed by atoms with E-state index in [1.54, 1.807) is 6.07 Å². The maximum atomic E-state index is 13.1. The molecule has 0 bridgehead atoms. The Hall–Kier alpha value is -3.72. The summed E-state index contributed by atoms with van der Waals surface area (Å²) in [5, 5.41) is 6.20. The van der Waals surface area contributed by atoms with Crippen LogP contribution in [0.4, 0.5) is 22.9 Å². The van der Waals surface area contributed by atoms with Gasteiger partial charge in [0.15, 0.2) is 5.78 Å². The lowest BCUT2D eigenvalue weighted by molar-refractivity contribution is -0.117. The number of rotatable bonds is 6. The number of aromatic nitrogens is 3. The molecule has 9 heteroatoms. The second kappa shape index (κ2) is 8.16. The molecule has 9 nitrogen and oxygen atoms in total. The molecule has 0 atom stereocenters. The number of aryl methyl sites for hydroxylation is 1. The van der Waals surface area contributed by atoms with Crippen LogP contribution in [0.15, 0.2) is 30.5 Å². The normalized spacial score (nSPS) is 18.9. The molecule has 1 amide bonds. The van der Waals surface area contributed by atoms with E-state index < -0.39 is 24.6 Å². The van der Waals surface area contributed by atoms with Crippen molar-refractivity contribution in [1.29, 1.82) is 0 Å². The van der Waals surface area contributed by atoms with Crippen molar-refractivity contribution in [3.63, 3.8) is 0 Å². The van der Waals surface area contributed by atoms with Gasteiger partial charge in [-0.2, -0.15) is 0 Å². The highest BCUT2D eigenvalue weighted by Crippen LogP contribution is 2.52. The zero-order valence-electron chi connectivity index (χ0n) is 23.5. The van der Waals surface area contributed by atoms with Crippen LogP contribution in [0.5, 0.6) is 0 Å². The third-order valence-electron chi connectivity index (χ3n) is 7.54. The van der Waals surface area contributed by atoms with Gasteiger partial charge in [0.1, 0.15) is 17.2 Å². The quantitative estimate of drug-likeness (QED) is 0.502. The van der Waals surface area contributed by atoms with Crippen molar-refractivity contribution in [2.24, 2.45) is 13.0 Å². The van der Waals surface area contributed by atoms with E-state index in [1.165, 1.54) is 6.20 Å². The number of nitrogens with zero attached hydrogens (tertiary/aromatic N) is 4. The van der Waals surface area contributed by atoms with Crippen molar-refractivity contribution in [2.75, 3.05) is 35.8 Å². The first kappa shape index (κ1) is 19.5. The van der Waals surface area contributed by atoms with Gasteiger partial charge in [0.2, 0.25) is 5.91 Å². The molecule has 6 rings (SSSR count). The Morgan fingerprint density at radius 2 is 2.06 bits per heavy atom. The van der Waals surface area contributed by atoms with E-state index >= 15 is 0 Å². The summed E-state index contributed by atoms with van der Waals surface area (Å²) < 4.78 is 30.6. The number of likely N-dealkylation sites (N-methyl/N-ethyl adjacent to an activating group) is 1. The number of imidazole rings is 1. The van der Waals surface area contributed by atoms with Gasteiger partial charge in [-0.3, -0.25) is 9.59 Å². The number of hydrogen-bond donors (Lipinski definition) is 2. The minimum atomic E-state index is -2.43. The van der Waals surface area contributed by atoms with Gasteiger partial charge in [0, 0.05) is 48.4 Å². The van der Waals surface area contributed by atoms with Gasteiger partial charge in [-0.1, -0.05) is 19.0 Å². The fourth-order valence-corrected chi connectivity index (χ4v) is 5.19. The average Bonchev–Trinajstić information content (AvgIpc) is 3.64. The number of Topliss-reactive ketones (excluding diaryl/α,β-unsaturated/α-hetero) is 1. The van der Waals surface area contributed by atoms with Crippen molar-refractivity contribution in [2.45, 2.75) is 38.6 Å². The molecular formula is C27H30N6O3. The average molecular weight is 490 g/mol. The Morgan fingerprint density at radius 3 is 2.75 bits per heavy atom. The molecule has 186 valence electrons. The lowest BCUT2D eigenvalue weighted by atomic mass is 9.82. The lowest BCUT2D eigenvalue weighted by Gasteiger charge is -2.52. The zero-order chi connectivity index (χ0) is 27.7. The first-order valence-corrected chi connectivity index (χ1v) is 12.1. The molecule has 2 aliphatic heterocycles. The van der Waals surface area contributed by atoms with Crippen LogP contribution in [0.3, 0.4) is 0 Å². The van der Waals surface area contributed by atoms with Crippen LogP contribution in [0.25, 0.3) is 11.3 Å². The fraction of sp³-hybridized carbons (Fsp3) is 0.407. The topological polar surface area (TPSA) is 101 Å². The molecule has 2 aromatic heterocycles. The number of carbonyl (C=O) groups is 2. The standard InChI is InChI=1S/C27H30N6O3/c1-5-21(34)18-12-28-22(31-26(35)16-9-10-16)11-20(18)30-19-8-6-7-17-23-25(32(3)15(2)29-23)27(13-36-14-27)33(4)24(17)19/h6-8,11-12,16H,5,9-10,13-14H2,1-4H3,(H2,28,30,31,35)/i1D3. The first-order chi connectivity index (χ1) is 18.5. The molecule has 36 heavy (non-hydrogen) atoms. The molecule has 0 unspecified atom stereocenters. The van der Waals surface area contributed by atoms with E-state index in [1.807, 2.05) is 39.2 Å². The third-order valence-corrected chi connectivity index (χ3v) is 7.54. The highest BCUT2D eigenvalue weighted by Gasteiger charge is 2.52. The smallest absolute Gasteiger partial charge is 0.228 e. The fourth-order valence-electron chi connectivity index (χ4n) is 5.19. The maximum Gasteiger partial charge on any atom is 0.228 e. The molecule has 2 N–H and O–H groups in total. The summed E-state index contributed by atoms with van der Waals surface area (Å²) in [6.07, 6.45) is 2.39. The first-order valence-electron chi connectivity index (χ1n) is 13.6. The van der Waals surface area contributed by atoms with Crippen LogP contribution >= 0.6 is 0 Å². The van der Waals surface area contributed by atoms with E-state index in [0.29, 0.717) is 30.4 Å². The number of fused-ring (bicyclic) bond motifs is 4. The van der Waals surface area contributed by atoms with Crippen LogP contribution in [0.1, 0.15) is 52.1 Å². The second-order valence-electron chi connectivity index (χ2n) is 9.80. The van der Waals surface area contributed by atoms with Crippen LogP contribution in [-0.4, -0.2) is 46.5 Å². The Kier molecular flexibility index (Phi) is 4.41. The van der Waals surface area contributed by atoms with Crippen LogP contribution < -0.4 is 15.5 Å². The molecule has 3 aliphatic rings. The van der Waals surface area contributed by atoms with Crippen molar-refractivity contribution < 1.29 is 18.4 Å². The number of nitrogens with one attached hydrogen (secondary N) is 2. The number of benzene rings is 1. The van der Waals surface area contributed by atoms with Gasteiger partial charge in [0.25, 0.3) is 0 Å². The number of para-hydroxylation sites is 1. The SMILES string of the molecule is [2H]C([2H])([2H])CC(=O)c1cnc(NC(=O)C2CC2)cc1Nc1cccc2c1N(C)C1(COC1)c1c-2nc(C)n1C. The Morgan fingerprint density at radius 1 is 1.25 bits per heavy atom. The molecule has 1 aromatic carbocycles. The van der Waals surface area contributed by atoms with E-state index in [2.05, 4.69) is 25.1 Å². The van der Waals surface area contributed by atoms with Gasteiger partial charge in [-0.05, 0) is 25.8 Å². The van der Waals surface area contributed by atoms with Gasteiger partial charge in [-0.25, -0.2) is 9.97 Å². The van der Waals surface area contributed by atoms with Crippen molar-refractivity contribution in [3.05, 3.63) is 47.5 Å². The van der Waals surface area contributed by atoms with E-state index in [0.717, 1.165) is 41.3 Å². The van der Waals surface area contributed by atoms with Gasteiger partial charge in [-0.15, -0.1) is 0 Å². The maximum absolute atomic E-state index is 13.1. The number of amides is 1. The van der Waals surface area contributed by atoms with Gasteiger partial charge < -0.3 is 24.8 Å². The molecule has 0 radical (unpaired) electrons. The number of pyridine rings is 1. The van der Waals surface area contributed by atoms with Crippen LogP contribution in [0.2, 0.25) is 0 Å². The minimum absolute atomic E-state index is 0.0215. The summed E-state index contributed by atoms with van der Waals surface area (Å²) in [5.41, 5.74) is 4.64. The third kappa shape index (κ3) is 3.33. The van der Waals surface area contributed by atoms with E-state index in [-0.39, 0.29) is 17.4 Å². The largest absolute Gasteiger partial charge is 0.376 e. The van der Waals surface area contributed by atoms with Crippen molar-refractivity contribution in [3.8, 4) is 11.3 Å². The molecule has 1 saturated heterocycles. The summed E-state index contributed by atoms with van der Waals surface area (Å²) >= 11 is 0. The highest BCUT2D eigenvalue weighted by atomic mass is 16.5. The summed E-state index contributed by atoms with van der Waals surface area (Å²) in [4.78, 5) is 36.8. The Labute approximate surface area is 214 Å². The van der Waals surface area contributed by atoms with Crippen molar-refractivity contribution in [1.82, 2.24) is 14.5 Å². The van der Waals surface area contributed by atoms with E-state index in [9.17, 15) is 9.59 Å². The highest BCUT2D eigenvalue weighted by molar-refractivity contribution is 6.03. The second-order valence-corrected chi connectivity index (χ2v) is 9.80. The molecule has 1 aliphatic carbocycles. The van der Waals surface area contributed by atoms with Gasteiger partial charge >= 0.3 is 0 Å². The number of ether oxygens (including phenoxy) is 1. The summed E-state index contributed by atoms with van der Waals surface area (Å²) in [6.45, 7) is 0.574. The number of ketones is 1. The molecular weight excluding hydrogens is 456 g/mol. The number of anilines is 4. The number of carbonyl (C=O) groups excluding carboxylic acids is 2. The number of hydrogen-bond acceptors (Lipinski definition) is 7. The molecule has 2 fully saturated rings. The van der Waals surface area contributed by atoms with E-state index in [4.69, 9.17) is 13.8 Å². The van der Waals surface area contributed by atoms with Gasteiger partial charge in [0.05, 0.1) is 47.2 Å². The lowest BCUT2D eigenvalue weighted by Crippen LogP contribution is -2.60. The summed E-state index contributed by atoms with van der Waals surface area (Å²) in [7, 11) is 4.03. The monoisotopic (exact) mass is 489 g/mol. The van der Waals surface area contributed by atoms with Crippen molar-refractivity contribution >= 4 is 34.6 Å². The Balaban J connectivity index is 1.44. The Bertz CT molecular complexity index is 1510. The molecule has 4 heterocycles. The summed E-state index contributed by atoms with van der Waals surface area (Å²) in [6, 6.07) is 7.43. The summed E-state index contributed by atoms with van der Waals surface area (Å²) in [5.74, 6) is 0.497. The molecule has 1 spiro atoms. The van der Waals surface area contributed by atoms with Crippen LogP contribution in [0, 0.1) is 12.8 Å². The van der Waals surface area contributed by atoms with Crippen LogP contribution in [-0.2, 0) is 22.1 Å². The minimum Gasteiger partial charge on any atom is -0.376 e. The zero-order valence-corrected chi connectivity index (χ0v) is 20.5. The molecule has 1 saturated carbocycles. The predicted molar refractivity (Wildman–Crippen MR) is 138 cm³/mol. The predicted octanol–water partition coefficient (Wildman–Crippen LogP) is 4.15. The molecule has 3 aromatic rings.